The number of aryl methyl sites for hydroxylation is 1. The Hall–Kier alpha value is -3.08. The third-order valence-corrected chi connectivity index (χ3v) is 3.74. The second-order valence-corrected chi connectivity index (χ2v) is 5.30. The number of carboxylic acid groups (broad SMARTS) is 1. The van der Waals surface area contributed by atoms with Crippen molar-refractivity contribution in [2.24, 2.45) is 0 Å². The van der Waals surface area contributed by atoms with E-state index in [-0.39, 0.29) is 11.3 Å². The number of carbonyl (C=O) groups is 2. The van der Waals surface area contributed by atoms with Gasteiger partial charge in [0.2, 0.25) is 5.91 Å². The zero-order valence-corrected chi connectivity index (χ0v) is 13.8. The minimum Gasteiger partial charge on any atom is -0.496 e. The number of rotatable bonds is 5. The van der Waals surface area contributed by atoms with Gasteiger partial charge in [-0.2, -0.15) is 0 Å². The molecule has 2 aromatic carbocycles. The summed E-state index contributed by atoms with van der Waals surface area (Å²) < 4.78 is 5.40. The van der Waals surface area contributed by atoms with Crippen LogP contribution in [0.15, 0.2) is 42.5 Å². The first kappa shape index (κ1) is 17.3. The molecule has 0 aliphatic rings. The molecule has 24 heavy (non-hydrogen) atoms. The topological polar surface area (TPSA) is 75.6 Å². The summed E-state index contributed by atoms with van der Waals surface area (Å²) in [5.41, 5.74) is 3.19. The zero-order valence-electron chi connectivity index (χ0n) is 13.8. The largest absolute Gasteiger partial charge is 0.496 e. The van der Waals surface area contributed by atoms with Gasteiger partial charge in [0.1, 0.15) is 5.75 Å². The Balaban J connectivity index is 2.21. The van der Waals surface area contributed by atoms with Crippen molar-refractivity contribution in [3.8, 4) is 5.75 Å². The number of amides is 1. The van der Waals surface area contributed by atoms with E-state index in [0.717, 1.165) is 16.7 Å². The lowest BCUT2D eigenvalue weighted by molar-refractivity contribution is -0.111. The van der Waals surface area contributed by atoms with Gasteiger partial charge in [-0.3, -0.25) is 4.79 Å². The SMILES string of the molecule is COc1c(/C=C/C(=O)Nc2ccccc2C(=O)O)ccc(C)c1C. The van der Waals surface area contributed by atoms with Gasteiger partial charge >= 0.3 is 5.97 Å². The molecule has 0 aromatic heterocycles. The molecule has 0 aliphatic heterocycles. The van der Waals surface area contributed by atoms with Crippen LogP contribution in [-0.2, 0) is 4.79 Å². The molecule has 0 aliphatic carbocycles. The molecule has 2 rings (SSSR count). The number of carboxylic acids is 1. The van der Waals surface area contributed by atoms with Crippen molar-refractivity contribution in [1.82, 2.24) is 0 Å². The molecule has 0 bridgehead atoms. The van der Waals surface area contributed by atoms with Crippen LogP contribution in [0.25, 0.3) is 6.08 Å². The van der Waals surface area contributed by atoms with Crippen LogP contribution >= 0.6 is 0 Å². The lowest BCUT2D eigenvalue weighted by Gasteiger charge is -2.11. The lowest BCUT2D eigenvalue weighted by atomic mass is 10.0. The average molecular weight is 325 g/mol. The summed E-state index contributed by atoms with van der Waals surface area (Å²) in [6.45, 7) is 3.94. The number of benzene rings is 2. The minimum atomic E-state index is -1.09. The van der Waals surface area contributed by atoms with E-state index in [1.807, 2.05) is 26.0 Å². The third-order valence-electron chi connectivity index (χ3n) is 3.74. The van der Waals surface area contributed by atoms with Gasteiger partial charge in [-0.25, -0.2) is 4.79 Å². The summed E-state index contributed by atoms with van der Waals surface area (Å²) in [7, 11) is 1.59. The molecule has 2 N–H and O–H groups in total. The predicted octanol–water partition coefficient (Wildman–Crippen LogP) is 3.66. The van der Waals surface area contributed by atoms with Crippen LogP contribution < -0.4 is 10.1 Å². The second kappa shape index (κ2) is 7.46. The fourth-order valence-electron chi connectivity index (χ4n) is 2.33. The number of nitrogens with one attached hydrogen (secondary N) is 1. The number of hydrogen-bond donors (Lipinski definition) is 2. The number of ether oxygens (including phenoxy) is 1. The highest BCUT2D eigenvalue weighted by atomic mass is 16.5. The predicted molar refractivity (Wildman–Crippen MR) is 93.5 cm³/mol. The summed E-state index contributed by atoms with van der Waals surface area (Å²) in [6.07, 6.45) is 3.00. The highest BCUT2D eigenvalue weighted by Crippen LogP contribution is 2.27. The van der Waals surface area contributed by atoms with E-state index >= 15 is 0 Å². The van der Waals surface area contributed by atoms with Crippen LogP contribution in [0, 0.1) is 13.8 Å². The Morgan fingerprint density at radius 3 is 2.50 bits per heavy atom. The standard InChI is InChI=1S/C19H19NO4/c1-12-8-9-14(18(24-3)13(12)2)10-11-17(21)20-16-7-5-4-6-15(16)19(22)23/h4-11H,1-3H3,(H,20,21)(H,22,23)/b11-10+. The van der Waals surface area contributed by atoms with Crippen LogP contribution in [0.3, 0.4) is 0 Å². The molecule has 0 heterocycles. The van der Waals surface area contributed by atoms with E-state index in [9.17, 15) is 9.59 Å². The maximum atomic E-state index is 12.1. The van der Waals surface area contributed by atoms with Crippen LogP contribution in [0.5, 0.6) is 5.75 Å². The molecule has 2 aromatic rings. The third kappa shape index (κ3) is 3.81. The Labute approximate surface area is 140 Å². The number of para-hydroxylation sites is 1. The smallest absolute Gasteiger partial charge is 0.337 e. The first-order chi connectivity index (χ1) is 11.4. The molecule has 0 spiro atoms. The number of carbonyl (C=O) groups excluding carboxylic acids is 1. The highest BCUT2D eigenvalue weighted by Gasteiger charge is 2.11. The highest BCUT2D eigenvalue weighted by molar-refractivity contribution is 6.06. The molecule has 124 valence electrons. The minimum absolute atomic E-state index is 0.0445. The summed E-state index contributed by atoms with van der Waals surface area (Å²) in [5.74, 6) is -0.792. The van der Waals surface area contributed by atoms with Gasteiger partial charge < -0.3 is 15.2 Å². The van der Waals surface area contributed by atoms with Gasteiger partial charge in [-0.15, -0.1) is 0 Å². The summed E-state index contributed by atoms with van der Waals surface area (Å²) >= 11 is 0. The van der Waals surface area contributed by atoms with E-state index in [2.05, 4.69) is 5.32 Å². The normalized spacial score (nSPS) is 10.6. The monoisotopic (exact) mass is 325 g/mol. The fourth-order valence-corrected chi connectivity index (χ4v) is 2.33. The van der Waals surface area contributed by atoms with E-state index in [1.165, 1.54) is 12.1 Å². The van der Waals surface area contributed by atoms with Crippen LogP contribution in [-0.4, -0.2) is 24.1 Å². The maximum absolute atomic E-state index is 12.1. The summed E-state index contributed by atoms with van der Waals surface area (Å²) in [5, 5.41) is 11.7. The maximum Gasteiger partial charge on any atom is 0.337 e. The van der Waals surface area contributed by atoms with Gasteiger partial charge in [-0.05, 0) is 43.2 Å². The van der Waals surface area contributed by atoms with Gasteiger partial charge in [0.25, 0.3) is 0 Å². The fraction of sp³-hybridized carbons (Fsp3) is 0.158. The first-order valence-corrected chi connectivity index (χ1v) is 7.39. The van der Waals surface area contributed by atoms with Crippen molar-refractivity contribution in [3.05, 3.63) is 64.7 Å². The molecular formula is C19H19NO4. The first-order valence-electron chi connectivity index (χ1n) is 7.39. The van der Waals surface area contributed by atoms with Crippen molar-refractivity contribution in [2.45, 2.75) is 13.8 Å². The van der Waals surface area contributed by atoms with E-state index in [4.69, 9.17) is 9.84 Å². The number of anilines is 1. The molecule has 0 atom stereocenters. The molecule has 0 saturated carbocycles. The van der Waals surface area contributed by atoms with Crippen molar-refractivity contribution < 1.29 is 19.4 Å². The van der Waals surface area contributed by atoms with Crippen LogP contribution in [0.4, 0.5) is 5.69 Å². The molecular weight excluding hydrogens is 306 g/mol. The van der Waals surface area contributed by atoms with Crippen molar-refractivity contribution in [3.63, 3.8) is 0 Å². The number of aromatic carboxylic acids is 1. The van der Waals surface area contributed by atoms with E-state index in [1.54, 1.807) is 31.4 Å². The van der Waals surface area contributed by atoms with Crippen LogP contribution in [0.2, 0.25) is 0 Å². The van der Waals surface area contributed by atoms with E-state index < -0.39 is 11.9 Å². The van der Waals surface area contributed by atoms with Crippen molar-refractivity contribution >= 4 is 23.6 Å². The van der Waals surface area contributed by atoms with E-state index in [0.29, 0.717) is 5.75 Å². The van der Waals surface area contributed by atoms with Gasteiger partial charge in [0.05, 0.1) is 18.4 Å². The Morgan fingerprint density at radius 2 is 1.83 bits per heavy atom. The lowest BCUT2D eigenvalue weighted by Crippen LogP contribution is -2.11. The number of methoxy groups -OCH3 is 1. The summed E-state index contributed by atoms with van der Waals surface area (Å²) in [6, 6.07) is 10.1. The van der Waals surface area contributed by atoms with Gasteiger partial charge in [-0.1, -0.05) is 24.3 Å². The molecule has 5 nitrogen and oxygen atoms in total. The Kier molecular flexibility index (Phi) is 5.37. The molecule has 5 heteroatoms. The van der Waals surface area contributed by atoms with Gasteiger partial charge in [0, 0.05) is 11.6 Å². The number of hydrogen-bond acceptors (Lipinski definition) is 3. The van der Waals surface area contributed by atoms with Crippen molar-refractivity contribution in [2.75, 3.05) is 12.4 Å². The molecule has 0 saturated heterocycles. The Morgan fingerprint density at radius 1 is 1.12 bits per heavy atom. The summed E-state index contributed by atoms with van der Waals surface area (Å²) in [4.78, 5) is 23.2. The zero-order chi connectivity index (χ0) is 17.7. The molecule has 0 fully saturated rings. The average Bonchev–Trinajstić information content (AvgIpc) is 2.56. The molecule has 0 unspecified atom stereocenters. The second-order valence-electron chi connectivity index (χ2n) is 5.30. The quantitative estimate of drug-likeness (QED) is 0.823. The van der Waals surface area contributed by atoms with Crippen molar-refractivity contribution in [1.29, 1.82) is 0 Å². The van der Waals surface area contributed by atoms with Gasteiger partial charge in [0.15, 0.2) is 0 Å². The van der Waals surface area contributed by atoms with Crippen LogP contribution in [0.1, 0.15) is 27.0 Å². The Bertz CT molecular complexity index is 809. The molecule has 0 radical (unpaired) electrons. The molecule has 1 amide bonds.